The van der Waals surface area contributed by atoms with Gasteiger partial charge in [0, 0.05) is 5.54 Å². The van der Waals surface area contributed by atoms with Crippen molar-refractivity contribution in [3.8, 4) is 0 Å². The minimum Gasteiger partial charge on any atom is -0.279 e. The van der Waals surface area contributed by atoms with E-state index >= 15 is 0 Å². The molecule has 3 atom stereocenters. The van der Waals surface area contributed by atoms with Gasteiger partial charge in [-0.2, -0.15) is 18.4 Å². The molecule has 6 heteroatoms. The largest absolute Gasteiger partial charge is 0.279 e. The van der Waals surface area contributed by atoms with Crippen molar-refractivity contribution in [1.82, 2.24) is 9.73 Å². The van der Waals surface area contributed by atoms with Gasteiger partial charge in [-0.1, -0.05) is 77.4 Å². The van der Waals surface area contributed by atoms with Gasteiger partial charge in [0.05, 0.1) is 22.7 Å². The predicted molar refractivity (Wildman–Crippen MR) is 139 cm³/mol. The summed E-state index contributed by atoms with van der Waals surface area (Å²) >= 11 is 0. The van der Waals surface area contributed by atoms with E-state index in [0.717, 1.165) is 22.4 Å². The van der Waals surface area contributed by atoms with Crippen LogP contribution in [0.3, 0.4) is 0 Å². The first-order valence-corrected chi connectivity index (χ1v) is 13.0. The second-order valence-electron chi connectivity index (χ2n) is 10.1. The van der Waals surface area contributed by atoms with Crippen molar-refractivity contribution in [2.75, 3.05) is 0 Å². The lowest BCUT2D eigenvalue weighted by Crippen LogP contribution is -2.31. The van der Waals surface area contributed by atoms with Gasteiger partial charge in [0.2, 0.25) is 0 Å². The van der Waals surface area contributed by atoms with Crippen molar-refractivity contribution in [1.29, 1.82) is 0 Å². The Hall–Kier alpha value is -2.96. The van der Waals surface area contributed by atoms with E-state index in [1.54, 1.807) is 24.3 Å². The minimum absolute atomic E-state index is 0.0499. The average molecular weight is 476 g/mol. The number of rotatable bonds is 6. The molecule has 5 nitrogen and oxygen atoms in total. The summed E-state index contributed by atoms with van der Waals surface area (Å²) < 4.78 is 26.0. The highest BCUT2D eigenvalue weighted by Gasteiger charge is 2.56. The summed E-state index contributed by atoms with van der Waals surface area (Å²) in [6.45, 7) is 12.6. The lowest BCUT2D eigenvalue weighted by molar-refractivity contribution is 0.280. The topological polar surface area (TPSA) is 61.5 Å². The predicted octanol–water partition coefficient (Wildman–Crippen LogP) is 5.52. The molecule has 4 rings (SSSR count). The number of hydrogen-bond acceptors (Lipinski definition) is 4. The smallest absolute Gasteiger partial charge is 0.276 e. The molecule has 1 N–H and O–H groups in total. The minimum atomic E-state index is -3.79. The first kappa shape index (κ1) is 24.2. The molecule has 1 unspecified atom stereocenters. The normalized spacial score (nSPS) is 20.8. The maximum Gasteiger partial charge on any atom is 0.276 e. The molecule has 0 aliphatic carbocycles. The van der Waals surface area contributed by atoms with Crippen LogP contribution in [-0.2, 0) is 10.0 Å². The third-order valence-electron chi connectivity index (χ3n) is 6.25. The molecule has 0 spiro atoms. The van der Waals surface area contributed by atoms with Crippen molar-refractivity contribution in [2.45, 2.75) is 64.1 Å². The van der Waals surface area contributed by atoms with E-state index in [4.69, 9.17) is 0 Å². The van der Waals surface area contributed by atoms with Crippen LogP contribution in [0.25, 0.3) is 0 Å². The van der Waals surface area contributed by atoms with E-state index in [0.29, 0.717) is 0 Å². The molecule has 1 aliphatic rings. The Morgan fingerprint density at radius 1 is 0.794 bits per heavy atom. The first-order valence-electron chi connectivity index (χ1n) is 11.6. The standard InChI is InChI=1S/C28H33N3O2S/c1-19-7-13-22(14-8-19)25(29-30-34(32,33)24-17-11-21(3)12-18-24)27-26(31(27)28(4,5)6)23-15-9-20(2)10-16-23/h7-18,26-27,30H,1-6H3/b29-25-/t26-,27+,31?/m0/s1. The number of aryl methyl sites for hydroxylation is 3. The summed E-state index contributed by atoms with van der Waals surface area (Å²) in [7, 11) is -3.79. The number of hydrogen-bond donors (Lipinski definition) is 1. The molecule has 3 aromatic rings. The number of nitrogens with one attached hydrogen (secondary N) is 1. The summed E-state index contributed by atoms with van der Waals surface area (Å²) in [6, 6.07) is 23.5. The lowest BCUT2D eigenvalue weighted by Gasteiger charge is -2.23. The van der Waals surface area contributed by atoms with Gasteiger partial charge in [-0.05, 0) is 64.8 Å². The van der Waals surface area contributed by atoms with E-state index in [1.807, 2.05) is 38.1 Å². The van der Waals surface area contributed by atoms with Crippen molar-refractivity contribution < 1.29 is 8.42 Å². The van der Waals surface area contributed by atoms with Crippen molar-refractivity contribution >= 4 is 15.7 Å². The van der Waals surface area contributed by atoms with Gasteiger partial charge in [0.15, 0.2) is 0 Å². The van der Waals surface area contributed by atoms with Gasteiger partial charge >= 0.3 is 0 Å². The fourth-order valence-electron chi connectivity index (χ4n) is 4.36. The maximum absolute atomic E-state index is 13.0. The number of hydrazone groups is 1. The average Bonchev–Trinajstić information content (AvgIpc) is 3.52. The molecule has 0 radical (unpaired) electrons. The highest BCUT2D eigenvalue weighted by Crippen LogP contribution is 2.50. The molecule has 0 bridgehead atoms. The number of nitrogens with zero attached hydrogens (tertiary/aromatic N) is 2. The Morgan fingerprint density at radius 2 is 1.26 bits per heavy atom. The van der Waals surface area contributed by atoms with Crippen LogP contribution in [-0.4, -0.2) is 30.6 Å². The van der Waals surface area contributed by atoms with Crippen LogP contribution >= 0.6 is 0 Å². The molecule has 0 saturated carbocycles. The second kappa shape index (κ2) is 9.01. The molecule has 0 aromatic heterocycles. The molecule has 178 valence electrons. The molecule has 1 heterocycles. The summed E-state index contributed by atoms with van der Waals surface area (Å²) in [5.74, 6) is 0. The number of sulfonamides is 1. The van der Waals surface area contributed by atoms with Crippen LogP contribution in [0.1, 0.15) is 54.6 Å². The zero-order chi connectivity index (χ0) is 24.7. The zero-order valence-corrected chi connectivity index (χ0v) is 21.5. The zero-order valence-electron chi connectivity index (χ0n) is 20.7. The summed E-state index contributed by atoms with van der Waals surface area (Å²) in [5.41, 5.74) is 6.06. The van der Waals surface area contributed by atoms with Gasteiger partial charge < -0.3 is 0 Å². The highest BCUT2D eigenvalue weighted by molar-refractivity contribution is 7.89. The lowest BCUT2D eigenvalue weighted by atomic mass is 10.0. The van der Waals surface area contributed by atoms with E-state index in [-0.39, 0.29) is 22.5 Å². The first-order chi connectivity index (χ1) is 16.0. The third kappa shape index (κ3) is 5.08. The number of benzene rings is 3. The van der Waals surface area contributed by atoms with E-state index in [9.17, 15) is 8.42 Å². The van der Waals surface area contributed by atoms with Crippen LogP contribution < -0.4 is 4.83 Å². The second-order valence-corrected chi connectivity index (χ2v) is 11.8. The SMILES string of the molecule is Cc1ccc(/C(=N/NS(=O)(=O)c2ccc(C)cc2)[C@@H]2[C@H](c3ccc(C)cc3)N2C(C)(C)C)cc1. The van der Waals surface area contributed by atoms with E-state index < -0.39 is 10.0 Å². The monoisotopic (exact) mass is 475 g/mol. The molecular formula is C28H33N3O2S. The molecule has 3 aromatic carbocycles. The summed E-state index contributed by atoms with van der Waals surface area (Å²) in [5, 5.41) is 4.55. The molecular weight excluding hydrogens is 442 g/mol. The van der Waals surface area contributed by atoms with Gasteiger partial charge in [-0.3, -0.25) is 4.90 Å². The van der Waals surface area contributed by atoms with Crippen LogP contribution in [0, 0.1) is 20.8 Å². The van der Waals surface area contributed by atoms with Crippen molar-refractivity contribution in [2.24, 2.45) is 5.10 Å². The maximum atomic E-state index is 13.0. The van der Waals surface area contributed by atoms with Crippen LogP contribution in [0.15, 0.2) is 82.8 Å². The molecule has 0 amide bonds. The van der Waals surface area contributed by atoms with Gasteiger partial charge in [-0.25, -0.2) is 0 Å². The molecule has 1 saturated heterocycles. The van der Waals surface area contributed by atoms with Crippen LogP contribution in [0.4, 0.5) is 0 Å². The van der Waals surface area contributed by atoms with Gasteiger partial charge in [-0.15, -0.1) is 0 Å². The quantitative estimate of drug-likeness (QED) is 0.290. The Balaban J connectivity index is 1.75. The Bertz CT molecular complexity index is 1290. The van der Waals surface area contributed by atoms with E-state index in [2.05, 4.69) is 66.8 Å². The Morgan fingerprint density at radius 3 is 1.76 bits per heavy atom. The van der Waals surface area contributed by atoms with Gasteiger partial charge in [0.1, 0.15) is 0 Å². The Labute approximate surface area is 203 Å². The van der Waals surface area contributed by atoms with E-state index in [1.165, 1.54) is 11.1 Å². The fraction of sp³-hybridized carbons (Fsp3) is 0.321. The third-order valence-corrected chi connectivity index (χ3v) is 7.47. The highest BCUT2D eigenvalue weighted by atomic mass is 32.2. The van der Waals surface area contributed by atoms with Gasteiger partial charge in [0.25, 0.3) is 10.0 Å². The fourth-order valence-corrected chi connectivity index (χ4v) is 5.18. The molecule has 1 aliphatic heterocycles. The Kier molecular flexibility index (Phi) is 6.40. The van der Waals surface area contributed by atoms with Crippen molar-refractivity contribution in [3.05, 3.63) is 101 Å². The van der Waals surface area contributed by atoms with Crippen LogP contribution in [0.2, 0.25) is 0 Å². The van der Waals surface area contributed by atoms with Crippen molar-refractivity contribution in [3.63, 3.8) is 0 Å². The summed E-state index contributed by atoms with van der Waals surface area (Å²) in [6.07, 6.45) is 0. The molecule has 1 fully saturated rings. The summed E-state index contributed by atoms with van der Waals surface area (Å²) in [4.78, 5) is 5.10. The molecule has 34 heavy (non-hydrogen) atoms. The van der Waals surface area contributed by atoms with Crippen LogP contribution in [0.5, 0.6) is 0 Å².